The average Bonchev–Trinajstić information content (AvgIpc) is 3.32. The quantitative estimate of drug-likeness (QED) is 0.750. The van der Waals surface area contributed by atoms with Gasteiger partial charge in [-0.05, 0) is 45.7 Å². The van der Waals surface area contributed by atoms with Crippen LogP contribution in [0.3, 0.4) is 0 Å². The minimum absolute atomic E-state index is 0.0650. The van der Waals surface area contributed by atoms with E-state index in [1.807, 2.05) is 26.0 Å². The molecule has 2 heterocycles. The van der Waals surface area contributed by atoms with Gasteiger partial charge in [-0.25, -0.2) is 18.1 Å². The fourth-order valence-corrected chi connectivity index (χ4v) is 5.72. The molecule has 0 aliphatic heterocycles. The Morgan fingerprint density at radius 1 is 1.31 bits per heavy atom. The van der Waals surface area contributed by atoms with Crippen molar-refractivity contribution in [2.75, 3.05) is 6.54 Å². The third-order valence-corrected chi connectivity index (χ3v) is 7.96. The predicted octanol–water partition coefficient (Wildman–Crippen LogP) is 3.37. The second-order valence-corrected chi connectivity index (χ2v) is 10.3. The number of aromatic nitrogens is 2. The first-order valence-corrected chi connectivity index (χ1v) is 11.3. The molecule has 1 aliphatic carbocycles. The summed E-state index contributed by atoms with van der Waals surface area (Å²) in [7, 11) is -3.64. The van der Waals surface area contributed by atoms with Gasteiger partial charge in [0.05, 0.1) is 12.4 Å². The van der Waals surface area contributed by atoms with Crippen molar-refractivity contribution < 1.29 is 13.5 Å². The molecule has 1 atom stereocenters. The minimum atomic E-state index is -3.64. The molecule has 1 fully saturated rings. The number of imidazole rings is 1. The van der Waals surface area contributed by atoms with E-state index < -0.39 is 16.1 Å². The molecule has 0 amide bonds. The van der Waals surface area contributed by atoms with Crippen molar-refractivity contribution in [2.24, 2.45) is 0 Å². The molecule has 0 aromatic carbocycles. The summed E-state index contributed by atoms with van der Waals surface area (Å²) in [5.41, 5.74) is -0.189. The molecular weight excluding hydrogens is 370 g/mol. The van der Waals surface area contributed by atoms with Crippen LogP contribution in [0.1, 0.15) is 68.4 Å². The van der Waals surface area contributed by atoms with Crippen molar-refractivity contribution in [3.05, 3.63) is 34.4 Å². The molecule has 1 saturated carbocycles. The zero-order valence-electron chi connectivity index (χ0n) is 15.5. The first-order valence-electron chi connectivity index (χ1n) is 9.05. The highest BCUT2D eigenvalue weighted by atomic mass is 32.2. The normalized spacial score (nSPS) is 18.5. The molecule has 0 bridgehead atoms. The molecule has 2 aromatic rings. The van der Waals surface area contributed by atoms with Gasteiger partial charge in [-0.3, -0.25) is 0 Å². The highest BCUT2D eigenvalue weighted by Gasteiger charge is 2.38. The molecule has 2 N–H and O–H groups in total. The van der Waals surface area contributed by atoms with E-state index in [0.29, 0.717) is 6.54 Å². The lowest BCUT2D eigenvalue weighted by Crippen LogP contribution is -2.38. The van der Waals surface area contributed by atoms with Crippen LogP contribution in [0.25, 0.3) is 0 Å². The molecule has 3 rings (SSSR count). The third-order valence-electron chi connectivity index (χ3n) is 5.17. The first-order chi connectivity index (χ1) is 12.2. The van der Waals surface area contributed by atoms with Crippen LogP contribution in [0, 0.1) is 0 Å². The average molecular weight is 398 g/mol. The summed E-state index contributed by atoms with van der Waals surface area (Å²) in [6.07, 6.45) is 6.72. The highest BCUT2D eigenvalue weighted by Crippen LogP contribution is 2.44. The lowest BCUT2D eigenvalue weighted by molar-refractivity contribution is 0.203. The summed E-state index contributed by atoms with van der Waals surface area (Å²) in [6, 6.07) is 4.15. The van der Waals surface area contributed by atoms with Gasteiger partial charge in [0.25, 0.3) is 10.0 Å². The van der Waals surface area contributed by atoms with E-state index in [4.69, 9.17) is 0 Å². The van der Waals surface area contributed by atoms with Gasteiger partial charge in [0, 0.05) is 34.0 Å². The molecule has 26 heavy (non-hydrogen) atoms. The van der Waals surface area contributed by atoms with Gasteiger partial charge < -0.3 is 9.67 Å². The van der Waals surface area contributed by atoms with E-state index in [0.717, 1.165) is 35.4 Å². The van der Waals surface area contributed by atoms with E-state index in [1.54, 1.807) is 35.4 Å². The van der Waals surface area contributed by atoms with Gasteiger partial charge in [-0.15, -0.1) is 11.3 Å². The van der Waals surface area contributed by atoms with Crippen LogP contribution >= 0.6 is 11.3 Å². The maximum Gasteiger partial charge on any atom is 0.259 e. The Morgan fingerprint density at radius 3 is 2.54 bits per heavy atom. The van der Waals surface area contributed by atoms with Crippen LogP contribution in [0.5, 0.6) is 0 Å². The topological polar surface area (TPSA) is 84.2 Å². The highest BCUT2D eigenvalue weighted by molar-refractivity contribution is 7.89. The number of aliphatic hydroxyl groups excluding tert-OH is 1. The van der Waals surface area contributed by atoms with Gasteiger partial charge in [-0.1, -0.05) is 12.8 Å². The van der Waals surface area contributed by atoms with Crippen molar-refractivity contribution in [2.45, 2.75) is 69.0 Å². The van der Waals surface area contributed by atoms with Gasteiger partial charge in [0.15, 0.2) is 5.03 Å². The Kier molecular flexibility index (Phi) is 5.58. The van der Waals surface area contributed by atoms with Crippen LogP contribution in [-0.2, 0) is 15.4 Å². The molecule has 0 spiro atoms. The molecule has 1 aliphatic rings. The smallest absolute Gasteiger partial charge is 0.259 e. The van der Waals surface area contributed by atoms with E-state index in [2.05, 4.69) is 9.71 Å². The molecule has 1 unspecified atom stereocenters. The Bertz CT molecular complexity index is 847. The summed E-state index contributed by atoms with van der Waals surface area (Å²) >= 11 is 1.59. The third kappa shape index (κ3) is 3.88. The predicted molar refractivity (Wildman–Crippen MR) is 103 cm³/mol. The SMILES string of the molecule is CC(O)c1ccc(C2(CNS(=O)(=O)c3cn(C(C)C)cn3)CCCC2)s1. The van der Waals surface area contributed by atoms with Gasteiger partial charge in [0.2, 0.25) is 0 Å². The number of hydrogen-bond donors (Lipinski definition) is 2. The van der Waals surface area contributed by atoms with Crippen LogP contribution < -0.4 is 4.72 Å². The van der Waals surface area contributed by atoms with E-state index in [-0.39, 0.29) is 16.5 Å². The summed E-state index contributed by atoms with van der Waals surface area (Å²) in [4.78, 5) is 6.13. The lowest BCUT2D eigenvalue weighted by atomic mass is 9.85. The van der Waals surface area contributed by atoms with Crippen molar-refractivity contribution >= 4 is 21.4 Å². The summed E-state index contributed by atoms with van der Waals surface area (Å²) in [5, 5.41) is 9.87. The van der Waals surface area contributed by atoms with E-state index in [1.165, 1.54) is 0 Å². The van der Waals surface area contributed by atoms with Crippen molar-refractivity contribution in [1.82, 2.24) is 14.3 Å². The zero-order valence-corrected chi connectivity index (χ0v) is 17.1. The van der Waals surface area contributed by atoms with E-state index >= 15 is 0 Å². The Morgan fingerprint density at radius 2 is 2.00 bits per heavy atom. The van der Waals surface area contributed by atoms with Gasteiger partial charge in [0.1, 0.15) is 0 Å². The first kappa shape index (κ1) is 19.5. The van der Waals surface area contributed by atoms with Crippen molar-refractivity contribution in [3.63, 3.8) is 0 Å². The second kappa shape index (κ2) is 7.42. The molecule has 0 radical (unpaired) electrons. The Labute approximate surface area is 159 Å². The number of rotatable bonds is 7. The zero-order chi connectivity index (χ0) is 18.9. The minimum Gasteiger partial charge on any atom is -0.388 e. The van der Waals surface area contributed by atoms with Crippen LogP contribution in [0.4, 0.5) is 0 Å². The maximum atomic E-state index is 12.7. The summed E-state index contributed by atoms with van der Waals surface area (Å²) in [5.74, 6) is 0. The largest absolute Gasteiger partial charge is 0.388 e. The molecular formula is C18H27N3O3S2. The molecule has 144 valence electrons. The van der Waals surface area contributed by atoms with Gasteiger partial charge >= 0.3 is 0 Å². The maximum absolute atomic E-state index is 12.7. The molecule has 8 heteroatoms. The number of hydrogen-bond acceptors (Lipinski definition) is 5. The fraction of sp³-hybridized carbons (Fsp3) is 0.611. The monoisotopic (exact) mass is 397 g/mol. The fourth-order valence-electron chi connectivity index (χ4n) is 3.47. The van der Waals surface area contributed by atoms with Crippen LogP contribution in [0.15, 0.2) is 29.7 Å². The number of aliphatic hydroxyl groups is 1. The number of nitrogens with one attached hydrogen (secondary N) is 1. The van der Waals surface area contributed by atoms with Crippen molar-refractivity contribution in [3.8, 4) is 0 Å². The number of thiophene rings is 1. The summed E-state index contributed by atoms with van der Waals surface area (Å²) < 4.78 is 30.0. The van der Waals surface area contributed by atoms with Crippen LogP contribution in [-0.4, -0.2) is 29.6 Å². The Balaban J connectivity index is 1.79. The van der Waals surface area contributed by atoms with Crippen molar-refractivity contribution in [1.29, 1.82) is 0 Å². The standard InChI is InChI=1S/C18H27N3O3S2/c1-13(2)21-10-17(19-12-21)26(23,24)20-11-18(8-4-5-9-18)16-7-6-15(25-16)14(3)22/h6-7,10,12-14,20,22H,4-5,8-9,11H2,1-3H3. The molecule has 6 nitrogen and oxygen atoms in total. The second-order valence-electron chi connectivity index (χ2n) is 7.44. The van der Waals surface area contributed by atoms with E-state index in [9.17, 15) is 13.5 Å². The molecule has 2 aromatic heterocycles. The number of nitrogens with zero attached hydrogens (tertiary/aromatic N) is 2. The van der Waals surface area contributed by atoms with Gasteiger partial charge in [-0.2, -0.15) is 0 Å². The molecule has 0 saturated heterocycles. The van der Waals surface area contributed by atoms with Crippen LogP contribution in [0.2, 0.25) is 0 Å². The summed E-state index contributed by atoms with van der Waals surface area (Å²) in [6.45, 7) is 6.08. The number of sulfonamides is 1. The Hall–Kier alpha value is -1.22. The lowest BCUT2D eigenvalue weighted by Gasteiger charge is -2.28.